The zero-order valence-electron chi connectivity index (χ0n) is 29.3. The molecule has 13 nitrogen and oxygen atoms in total. The van der Waals surface area contributed by atoms with Gasteiger partial charge in [-0.05, 0) is 65.9 Å². The lowest BCUT2D eigenvalue weighted by atomic mass is 9.84. The van der Waals surface area contributed by atoms with E-state index in [2.05, 4.69) is 15.6 Å². The van der Waals surface area contributed by atoms with Crippen LogP contribution in [0.25, 0.3) is 10.9 Å². The van der Waals surface area contributed by atoms with Crippen LogP contribution >= 0.6 is 23.2 Å². The predicted octanol–water partition coefficient (Wildman–Crippen LogP) is 5.95. The highest BCUT2D eigenvalue weighted by atomic mass is 35.5. The molecule has 55 heavy (non-hydrogen) atoms. The quantitative estimate of drug-likeness (QED) is 0.0348. The molecule has 296 valence electrons. The number of fused-ring (bicyclic) bond motifs is 1. The van der Waals surface area contributed by atoms with E-state index in [0.29, 0.717) is 30.9 Å². The van der Waals surface area contributed by atoms with Gasteiger partial charge in [0.25, 0.3) is 0 Å². The SMILES string of the molecule is NNC(=O)CCOCCNC(=O)OCCOc1cc(NC2CCN(S(=O)(=O)C(F)(F)F)CC2)c2cc(C(c3ccc(Cl)cc3)c3ccc(Cl)cc3)ccc2n1. The number of hydrogen-bond donors (Lipinski definition) is 4. The second-order valence-electron chi connectivity index (χ2n) is 12.4. The molecule has 1 aliphatic rings. The van der Waals surface area contributed by atoms with Crippen molar-refractivity contribution in [3.05, 3.63) is 99.5 Å². The summed E-state index contributed by atoms with van der Waals surface area (Å²) in [5, 5.41) is 7.76. The van der Waals surface area contributed by atoms with Crippen molar-refractivity contribution in [1.29, 1.82) is 0 Å². The van der Waals surface area contributed by atoms with E-state index < -0.39 is 21.6 Å². The van der Waals surface area contributed by atoms with Gasteiger partial charge in [-0.3, -0.25) is 10.2 Å². The van der Waals surface area contributed by atoms with Gasteiger partial charge >= 0.3 is 21.6 Å². The number of piperidine rings is 1. The number of nitrogens with two attached hydrogens (primary N) is 1. The number of carbonyl (C=O) groups excluding carboxylic acids is 2. The van der Waals surface area contributed by atoms with Gasteiger partial charge in [-0.2, -0.15) is 17.5 Å². The highest BCUT2D eigenvalue weighted by Gasteiger charge is 2.50. The first-order valence-corrected chi connectivity index (χ1v) is 19.3. The number of ether oxygens (including phenoxy) is 3. The number of nitrogens with one attached hydrogen (secondary N) is 3. The number of rotatable bonds is 16. The molecule has 5 rings (SSSR count). The van der Waals surface area contributed by atoms with E-state index in [-0.39, 0.29) is 89.1 Å². The molecule has 3 aromatic carbocycles. The minimum Gasteiger partial charge on any atom is -0.474 e. The van der Waals surface area contributed by atoms with Crippen molar-refractivity contribution < 1.29 is 45.4 Å². The fourth-order valence-electron chi connectivity index (χ4n) is 5.98. The number of aromatic nitrogens is 1. The van der Waals surface area contributed by atoms with Gasteiger partial charge < -0.3 is 24.8 Å². The van der Waals surface area contributed by atoms with Crippen molar-refractivity contribution in [1.82, 2.24) is 20.0 Å². The van der Waals surface area contributed by atoms with Crippen LogP contribution in [0.3, 0.4) is 0 Å². The molecule has 1 fully saturated rings. The summed E-state index contributed by atoms with van der Waals surface area (Å²) in [6.45, 7) is -0.385. The fourth-order valence-corrected chi connectivity index (χ4v) is 7.22. The number of sulfonamides is 1. The Morgan fingerprint density at radius 3 is 2.11 bits per heavy atom. The average Bonchev–Trinajstić information content (AvgIpc) is 3.16. The number of hydrazine groups is 1. The highest BCUT2D eigenvalue weighted by molar-refractivity contribution is 7.90. The van der Waals surface area contributed by atoms with Gasteiger partial charge in [-0.15, -0.1) is 0 Å². The summed E-state index contributed by atoms with van der Waals surface area (Å²) >= 11 is 12.4. The van der Waals surface area contributed by atoms with Crippen molar-refractivity contribution in [2.75, 3.05) is 51.4 Å². The first-order chi connectivity index (χ1) is 26.2. The monoisotopic (exact) mass is 826 g/mol. The second-order valence-corrected chi connectivity index (χ2v) is 15.2. The zero-order valence-corrected chi connectivity index (χ0v) is 31.6. The number of halogens is 5. The Morgan fingerprint density at radius 2 is 1.51 bits per heavy atom. The standard InChI is InChI=1S/C36H39Cl2F3N6O7S/c37-26-6-1-23(2-7-26)34(24-3-8-27(38)9-4-24)25-5-10-30-29(21-25)31(44-28-11-15-47(16-12-28)55(50,51)36(39,40)41)22-33(45-30)53-19-20-54-35(49)43-14-18-52-17-13-32(48)46-42/h1-10,21-22,28,34H,11-20,42H2,(H,43,49)(H,44,45)(H,46,48). The molecule has 1 saturated heterocycles. The maximum Gasteiger partial charge on any atom is 0.511 e. The van der Waals surface area contributed by atoms with Crippen molar-refractivity contribution in [3.63, 3.8) is 0 Å². The molecule has 0 unspecified atom stereocenters. The number of benzene rings is 3. The van der Waals surface area contributed by atoms with Crippen molar-refractivity contribution in [3.8, 4) is 5.88 Å². The highest BCUT2D eigenvalue weighted by Crippen LogP contribution is 2.38. The Morgan fingerprint density at radius 1 is 0.891 bits per heavy atom. The minimum absolute atomic E-state index is 0.0585. The predicted molar refractivity (Wildman–Crippen MR) is 201 cm³/mol. The van der Waals surface area contributed by atoms with Gasteiger partial charge in [-0.1, -0.05) is 53.5 Å². The van der Waals surface area contributed by atoms with Gasteiger partial charge in [0, 0.05) is 58.8 Å². The number of amides is 2. The normalized spacial score (nSPS) is 14.2. The molecule has 0 radical (unpaired) electrons. The van der Waals surface area contributed by atoms with Gasteiger partial charge in [0.1, 0.15) is 13.2 Å². The fraction of sp³-hybridized carbons (Fsp3) is 0.361. The first-order valence-electron chi connectivity index (χ1n) is 17.1. The van der Waals surface area contributed by atoms with E-state index in [1.807, 2.05) is 47.9 Å². The Bertz CT molecular complexity index is 1990. The molecule has 2 heterocycles. The van der Waals surface area contributed by atoms with Gasteiger partial charge in [0.2, 0.25) is 11.8 Å². The third kappa shape index (κ3) is 11.3. The second kappa shape index (κ2) is 19.0. The third-order valence-corrected chi connectivity index (χ3v) is 10.8. The zero-order chi connectivity index (χ0) is 39.6. The third-order valence-electron chi connectivity index (χ3n) is 8.71. The summed E-state index contributed by atoms with van der Waals surface area (Å²) < 4.78 is 80.5. The van der Waals surface area contributed by atoms with Gasteiger partial charge in [-0.25, -0.2) is 24.0 Å². The van der Waals surface area contributed by atoms with Crippen molar-refractivity contribution in [2.24, 2.45) is 5.84 Å². The van der Waals surface area contributed by atoms with E-state index in [0.717, 1.165) is 16.7 Å². The van der Waals surface area contributed by atoms with Gasteiger partial charge in [0.05, 0.1) is 25.2 Å². The summed E-state index contributed by atoms with van der Waals surface area (Å²) in [5.74, 6) is 4.57. The van der Waals surface area contributed by atoms with Crippen LogP contribution in [0.4, 0.5) is 23.7 Å². The summed E-state index contributed by atoms with van der Waals surface area (Å²) in [7, 11) is -5.45. The van der Waals surface area contributed by atoms with Crippen LogP contribution in [0.5, 0.6) is 5.88 Å². The molecule has 0 aliphatic carbocycles. The largest absolute Gasteiger partial charge is 0.511 e. The Labute approximate surface area is 325 Å². The van der Waals surface area contributed by atoms with E-state index in [4.69, 9.17) is 43.3 Å². The number of pyridine rings is 1. The molecule has 1 aliphatic heterocycles. The molecule has 0 saturated carbocycles. The Balaban J connectivity index is 1.34. The lowest BCUT2D eigenvalue weighted by Crippen LogP contribution is -2.47. The first kappa shape index (κ1) is 41.8. The number of nitrogens with zero attached hydrogens (tertiary/aromatic N) is 2. The van der Waals surface area contributed by atoms with E-state index in [1.165, 1.54) is 0 Å². The smallest absolute Gasteiger partial charge is 0.474 e. The van der Waals surface area contributed by atoms with E-state index >= 15 is 0 Å². The minimum atomic E-state index is -5.45. The van der Waals surface area contributed by atoms with E-state index in [9.17, 15) is 31.2 Å². The number of anilines is 1. The molecule has 0 bridgehead atoms. The van der Waals surface area contributed by atoms with Crippen LogP contribution in [0.2, 0.25) is 10.0 Å². The lowest BCUT2D eigenvalue weighted by molar-refractivity contribution is -0.122. The van der Waals surface area contributed by atoms with Crippen LogP contribution in [0, 0.1) is 0 Å². The number of hydrogen-bond acceptors (Lipinski definition) is 10. The van der Waals surface area contributed by atoms with Crippen molar-refractivity contribution in [2.45, 2.75) is 36.7 Å². The summed E-state index contributed by atoms with van der Waals surface area (Å²) in [5.41, 5.74) is 0.516. The topological polar surface area (TPSA) is 174 Å². The molecule has 5 N–H and O–H groups in total. The van der Waals surface area contributed by atoms with Crippen LogP contribution in [-0.4, -0.2) is 87.3 Å². The molecule has 0 atom stereocenters. The number of alkyl halides is 3. The molecule has 1 aromatic heterocycles. The molecule has 19 heteroatoms. The van der Waals surface area contributed by atoms with Crippen LogP contribution in [0.1, 0.15) is 41.9 Å². The maximum atomic E-state index is 13.2. The molecular weight excluding hydrogens is 788 g/mol. The van der Waals surface area contributed by atoms with Gasteiger partial charge in [0.15, 0.2) is 0 Å². The van der Waals surface area contributed by atoms with E-state index in [1.54, 1.807) is 30.3 Å². The summed E-state index contributed by atoms with van der Waals surface area (Å²) in [4.78, 5) is 27.9. The van der Waals surface area contributed by atoms with Crippen LogP contribution in [0.15, 0.2) is 72.8 Å². The lowest BCUT2D eigenvalue weighted by Gasteiger charge is -2.32. The molecular formula is C36H39Cl2F3N6O7S. The maximum absolute atomic E-state index is 13.2. The molecule has 4 aromatic rings. The number of alkyl carbamates (subject to hydrolysis) is 1. The summed E-state index contributed by atoms with van der Waals surface area (Å²) in [6.07, 6.45) is -0.393. The Kier molecular flexibility index (Phi) is 14.4. The summed E-state index contributed by atoms with van der Waals surface area (Å²) in [6, 6.07) is 22.0. The Hall–Kier alpha value is -4.39. The average molecular weight is 828 g/mol. The van der Waals surface area contributed by atoms with Crippen LogP contribution in [-0.2, 0) is 24.3 Å². The number of carbonyl (C=O) groups is 2. The molecule has 2 amide bonds. The van der Waals surface area contributed by atoms with Crippen molar-refractivity contribution >= 4 is 61.8 Å². The van der Waals surface area contributed by atoms with Crippen LogP contribution < -0.4 is 26.6 Å². The molecule has 0 spiro atoms.